The van der Waals surface area contributed by atoms with Gasteiger partial charge in [-0.3, -0.25) is 0 Å². The van der Waals surface area contributed by atoms with Gasteiger partial charge in [-0.2, -0.15) is 0 Å². The zero-order valence-corrected chi connectivity index (χ0v) is 11.6. The van der Waals surface area contributed by atoms with E-state index >= 15 is 0 Å². The first-order valence-electron chi connectivity index (χ1n) is 5.83. The molecule has 1 N–H and O–H groups in total. The summed E-state index contributed by atoms with van der Waals surface area (Å²) >= 11 is 12.3. The van der Waals surface area contributed by atoms with E-state index in [-0.39, 0.29) is 11.6 Å². The van der Waals surface area contributed by atoms with E-state index < -0.39 is 0 Å². The molecule has 1 aromatic rings. The molecule has 0 bridgehead atoms. The Morgan fingerprint density at radius 2 is 2.18 bits per heavy atom. The van der Waals surface area contributed by atoms with Crippen LogP contribution in [0.25, 0.3) is 0 Å². The van der Waals surface area contributed by atoms with Crippen LogP contribution in [0, 0.1) is 0 Å². The lowest BCUT2D eigenvalue weighted by molar-refractivity contribution is -0.0104. The Kier molecular flexibility index (Phi) is 3.99. The Balaban J connectivity index is 2.38. The summed E-state index contributed by atoms with van der Waals surface area (Å²) in [4.78, 5) is 0. The van der Waals surface area contributed by atoms with Crippen LogP contribution in [0.3, 0.4) is 0 Å². The fourth-order valence-corrected chi connectivity index (χ4v) is 2.98. The first kappa shape index (κ1) is 13.2. The van der Waals surface area contributed by atoms with Gasteiger partial charge in [0.15, 0.2) is 0 Å². The fourth-order valence-electron chi connectivity index (χ4n) is 2.56. The van der Waals surface area contributed by atoms with Crippen molar-refractivity contribution in [2.75, 3.05) is 13.7 Å². The molecular weight excluding hydrogens is 257 g/mol. The summed E-state index contributed by atoms with van der Waals surface area (Å²) in [5, 5.41) is 4.51. The van der Waals surface area contributed by atoms with E-state index in [1.807, 2.05) is 19.2 Å². The molecule has 0 radical (unpaired) electrons. The minimum absolute atomic E-state index is 0.0659. The van der Waals surface area contributed by atoms with Gasteiger partial charge in [-0.05, 0) is 38.4 Å². The number of halogens is 2. The summed E-state index contributed by atoms with van der Waals surface area (Å²) in [5.41, 5.74) is 0.800. The maximum Gasteiger partial charge on any atom is 0.0849 e. The summed E-state index contributed by atoms with van der Waals surface area (Å²) in [6.07, 6.45) is 2.12. The third kappa shape index (κ3) is 2.45. The molecule has 2 atom stereocenters. The first-order valence-corrected chi connectivity index (χ1v) is 6.59. The number of hydrogen-bond donors (Lipinski definition) is 1. The summed E-state index contributed by atoms with van der Waals surface area (Å²) in [7, 11) is 1.93. The minimum Gasteiger partial charge on any atom is -0.373 e. The van der Waals surface area contributed by atoms with Crippen LogP contribution in [0.5, 0.6) is 0 Å². The van der Waals surface area contributed by atoms with Gasteiger partial charge < -0.3 is 10.1 Å². The molecule has 0 aliphatic carbocycles. The second-order valence-corrected chi connectivity index (χ2v) is 5.41. The van der Waals surface area contributed by atoms with E-state index in [1.54, 1.807) is 6.07 Å². The molecular formula is C13H17Cl2NO. The Morgan fingerprint density at radius 1 is 1.41 bits per heavy atom. The lowest BCUT2D eigenvalue weighted by atomic mass is 9.88. The molecule has 94 valence electrons. The zero-order chi connectivity index (χ0) is 12.5. The maximum absolute atomic E-state index is 6.28. The smallest absolute Gasteiger partial charge is 0.0849 e. The Bertz CT molecular complexity index is 402. The van der Waals surface area contributed by atoms with Gasteiger partial charge in [-0.1, -0.05) is 35.3 Å². The van der Waals surface area contributed by atoms with E-state index in [2.05, 4.69) is 12.2 Å². The SMILES string of the molecule is CNC(c1cccc(Cl)c1Cl)C1(C)CCCO1. The van der Waals surface area contributed by atoms with Crippen molar-refractivity contribution in [2.24, 2.45) is 0 Å². The molecule has 2 nitrogen and oxygen atoms in total. The molecule has 1 heterocycles. The Morgan fingerprint density at radius 3 is 2.76 bits per heavy atom. The number of ether oxygens (including phenoxy) is 1. The maximum atomic E-state index is 6.28. The van der Waals surface area contributed by atoms with Crippen LogP contribution in [0.15, 0.2) is 18.2 Å². The molecule has 1 fully saturated rings. The fraction of sp³-hybridized carbons (Fsp3) is 0.538. The quantitative estimate of drug-likeness (QED) is 0.904. The highest BCUT2D eigenvalue weighted by Crippen LogP contribution is 2.41. The average molecular weight is 274 g/mol. The Labute approximate surface area is 112 Å². The number of hydrogen-bond acceptors (Lipinski definition) is 2. The van der Waals surface area contributed by atoms with Crippen molar-refractivity contribution >= 4 is 23.2 Å². The summed E-state index contributed by atoms with van der Waals surface area (Å²) in [6, 6.07) is 5.79. The van der Waals surface area contributed by atoms with Crippen molar-refractivity contribution in [3.63, 3.8) is 0 Å². The topological polar surface area (TPSA) is 21.3 Å². The highest BCUT2D eigenvalue weighted by molar-refractivity contribution is 6.42. The van der Waals surface area contributed by atoms with E-state index in [9.17, 15) is 0 Å². The molecule has 2 unspecified atom stereocenters. The molecule has 0 spiro atoms. The molecule has 4 heteroatoms. The predicted octanol–water partition coefficient (Wildman–Crippen LogP) is 3.82. The summed E-state index contributed by atoms with van der Waals surface area (Å²) in [5.74, 6) is 0. The second kappa shape index (κ2) is 5.15. The number of nitrogens with one attached hydrogen (secondary N) is 1. The molecule has 1 aromatic carbocycles. The highest BCUT2D eigenvalue weighted by atomic mass is 35.5. The lowest BCUT2D eigenvalue weighted by Gasteiger charge is -2.34. The molecule has 2 rings (SSSR count). The normalized spacial score (nSPS) is 26.1. The third-order valence-corrected chi connectivity index (χ3v) is 4.27. The number of rotatable bonds is 3. The molecule has 17 heavy (non-hydrogen) atoms. The lowest BCUT2D eigenvalue weighted by Crippen LogP contribution is -2.39. The van der Waals surface area contributed by atoms with Crippen molar-refractivity contribution in [1.29, 1.82) is 0 Å². The van der Waals surface area contributed by atoms with Crippen molar-refractivity contribution in [3.8, 4) is 0 Å². The minimum atomic E-state index is -0.205. The van der Waals surface area contributed by atoms with Gasteiger partial charge in [0.25, 0.3) is 0 Å². The van der Waals surface area contributed by atoms with Crippen molar-refractivity contribution < 1.29 is 4.74 Å². The van der Waals surface area contributed by atoms with Crippen molar-refractivity contribution in [3.05, 3.63) is 33.8 Å². The molecule has 0 aromatic heterocycles. The van der Waals surface area contributed by atoms with Crippen molar-refractivity contribution in [2.45, 2.75) is 31.4 Å². The highest BCUT2D eigenvalue weighted by Gasteiger charge is 2.39. The van der Waals surface area contributed by atoms with E-state index in [4.69, 9.17) is 27.9 Å². The van der Waals surface area contributed by atoms with Crippen LogP contribution in [0.1, 0.15) is 31.4 Å². The van der Waals surface area contributed by atoms with Crippen LogP contribution in [-0.4, -0.2) is 19.3 Å². The van der Waals surface area contributed by atoms with Crippen LogP contribution < -0.4 is 5.32 Å². The largest absolute Gasteiger partial charge is 0.373 e. The monoisotopic (exact) mass is 273 g/mol. The number of benzene rings is 1. The molecule has 1 aliphatic heterocycles. The Hall–Kier alpha value is -0.280. The molecule has 1 saturated heterocycles. The second-order valence-electron chi connectivity index (χ2n) is 4.63. The molecule has 1 aliphatic rings. The van der Waals surface area contributed by atoms with Crippen LogP contribution >= 0.6 is 23.2 Å². The van der Waals surface area contributed by atoms with Gasteiger partial charge in [-0.25, -0.2) is 0 Å². The predicted molar refractivity (Wildman–Crippen MR) is 71.9 cm³/mol. The standard InChI is InChI=1S/C13H17Cl2NO/c1-13(7-4-8-17-13)12(16-2)9-5-3-6-10(14)11(9)15/h3,5-6,12,16H,4,7-8H2,1-2H3. The summed E-state index contributed by atoms with van der Waals surface area (Å²) < 4.78 is 5.88. The van der Waals surface area contributed by atoms with Crippen LogP contribution in [0.2, 0.25) is 10.0 Å². The van der Waals surface area contributed by atoms with E-state index in [0.717, 1.165) is 25.0 Å². The van der Waals surface area contributed by atoms with Gasteiger partial charge >= 0.3 is 0 Å². The number of likely N-dealkylation sites (N-methyl/N-ethyl adjacent to an activating group) is 1. The van der Waals surface area contributed by atoms with E-state index in [0.29, 0.717) is 10.0 Å². The van der Waals surface area contributed by atoms with Gasteiger partial charge in [0.05, 0.1) is 21.7 Å². The van der Waals surface area contributed by atoms with Crippen LogP contribution in [-0.2, 0) is 4.74 Å². The molecule has 0 saturated carbocycles. The first-order chi connectivity index (χ1) is 8.08. The van der Waals surface area contributed by atoms with Crippen molar-refractivity contribution in [1.82, 2.24) is 5.32 Å². The molecule has 0 amide bonds. The zero-order valence-electron chi connectivity index (χ0n) is 10.1. The van der Waals surface area contributed by atoms with Crippen LogP contribution in [0.4, 0.5) is 0 Å². The van der Waals surface area contributed by atoms with Gasteiger partial charge in [0, 0.05) is 6.61 Å². The average Bonchev–Trinajstić information content (AvgIpc) is 2.73. The van der Waals surface area contributed by atoms with Gasteiger partial charge in [0.2, 0.25) is 0 Å². The summed E-state index contributed by atoms with van der Waals surface area (Å²) in [6.45, 7) is 2.94. The van der Waals surface area contributed by atoms with Gasteiger partial charge in [-0.15, -0.1) is 0 Å². The third-order valence-electron chi connectivity index (χ3n) is 3.44. The van der Waals surface area contributed by atoms with E-state index in [1.165, 1.54) is 0 Å². The van der Waals surface area contributed by atoms with Gasteiger partial charge in [0.1, 0.15) is 0 Å².